The Bertz CT molecular complexity index is 561. The summed E-state index contributed by atoms with van der Waals surface area (Å²) in [5.74, 6) is 1.31. The van der Waals surface area contributed by atoms with Gasteiger partial charge in [-0.15, -0.1) is 12.4 Å². The average Bonchev–Trinajstić information content (AvgIpc) is 2.86. The highest BCUT2D eigenvalue weighted by Crippen LogP contribution is 2.36. The van der Waals surface area contributed by atoms with Gasteiger partial charge in [0.2, 0.25) is 5.89 Å². The smallest absolute Gasteiger partial charge is 0.231 e. The van der Waals surface area contributed by atoms with Gasteiger partial charge in [-0.25, -0.2) is 0 Å². The average molecular weight is 294 g/mol. The van der Waals surface area contributed by atoms with Crippen LogP contribution in [0.2, 0.25) is 0 Å². The van der Waals surface area contributed by atoms with Gasteiger partial charge in [0.05, 0.1) is 12.0 Å². The highest BCUT2D eigenvalue weighted by molar-refractivity contribution is 5.85. The van der Waals surface area contributed by atoms with Crippen molar-refractivity contribution in [3.05, 3.63) is 47.1 Å². The first-order valence-corrected chi connectivity index (χ1v) is 6.89. The zero-order valence-corrected chi connectivity index (χ0v) is 12.4. The predicted octanol–water partition coefficient (Wildman–Crippen LogP) is 2.98. The molecule has 2 aromatic rings. The molecule has 0 amide bonds. The number of hydrogen-bond acceptors (Lipinski definition) is 4. The molecule has 0 radical (unpaired) electrons. The third kappa shape index (κ3) is 2.86. The molecule has 108 valence electrons. The minimum atomic E-state index is -0.339. The van der Waals surface area contributed by atoms with Crippen LogP contribution in [0.15, 0.2) is 28.8 Å². The molecule has 1 fully saturated rings. The standard InChI is InChI=1S/C15H19N3O.ClH/c1-2-11-4-6-12(7-5-11)10-13-17-14(18-19-13)15(16)8-3-9-15;/h4-7H,2-3,8-10,16H2,1H3;1H. The van der Waals surface area contributed by atoms with E-state index in [4.69, 9.17) is 10.3 Å². The maximum Gasteiger partial charge on any atom is 0.231 e. The summed E-state index contributed by atoms with van der Waals surface area (Å²) in [5.41, 5.74) is 8.37. The van der Waals surface area contributed by atoms with Crippen molar-refractivity contribution in [1.29, 1.82) is 0 Å². The quantitative estimate of drug-likeness (QED) is 0.941. The van der Waals surface area contributed by atoms with Crippen LogP contribution in [-0.4, -0.2) is 10.1 Å². The molecule has 1 aromatic carbocycles. The lowest BCUT2D eigenvalue weighted by molar-refractivity contribution is 0.229. The second kappa shape index (κ2) is 5.94. The Balaban J connectivity index is 0.00000147. The van der Waals surface area contributed by atoms with Crippen molar-refractivity contribution in [1.82, 2.24) is 10.1 Å². The summed E-state index contributed by atoms with van der Waals surface area (Å²) < 4.78 is 5.31. The fourth-order valence-electron chi connectivity index (χ4n) is 2.38. The molecule has 1 aliphatic rings. The minimum absolute atomic E-state index is 0. The first kappa shape index (κ1) is 15.0. The molecule has 0 bridgehead atoms. The van der Waals surface area contributed by atoms with Crippen molar-refractivity contribution in [3.63, 3.8) is 0 Å². The maximum atomic E-state index is 6.18. The Labute approximate surface area is 125 Å². The first-order chi connectivity index (χ1) is 9.19. The van der Waals surface area contributed by atoms with Crippen LogP contribution in [0.25, 0.3) is 0 Å². The molecule has 4 nitrogen and oxygen atoms in total. The van der Waals surface area contributed by atoms with Crippen molar-refractivity contribution in [2.75, 3.05) is 0 Å². The molecule has 0 unspecified atom stereocenters. The van der Waals surface area contributed by atoms with E-state index in [0.29, 0.717) is 18.1 Å². The van der Waals surface area contributed by atoms with E-state index >= 15 is 0 Å². The van der Waals surface area contributed by atoms with E-state index in [2.05, 4.69) is 41.3 Å². The predicted molar refractivity (Wildman–Crippen MR) is 79.9 cm³/mol. The van der Waals surface area contributed by atoms with Gasteiger partial charge in [0.25, 0.3) is 0 Å². The van der Waals surface area contributed by atoms with E-state index in [1.807, 2.05) is 0 Å². The van der Waals surface area contributed by atoms with Crippen LogP contribution in [0.3, 0.4) is 0 Å². The van der Waals surface area contributed by atoms with Gasteiger partial charge in [-0.3, -0.25) is 0 Å². The molecule has 1 aromatic heterocycles. The van der Waals surface area contributed by atoms with Crippen LogP contribution < -0.4 is 5.73 Å². The van der Waals surface area contributed by atoms with Crippen LogP contribution in [0, 0.1) is 0 Å². The molecule has 0 aliphatic heterocycles. The van der Waals surface area contributed by atoms with Gasteiger partial charge in [-0.05, 0) is 36.8 Å². The minimum Gasteiger partial charge on any atom is -0.339 e. The molecule has 1 saturated carbocycles. The Kier molecular flexibility index (Phi) is 4.45. The third-order valence-electron chi connectivity index (χ3n) is 3.95. The molecule has 1 heterocycles. The summed E-state index contributed by atoms with van der Waals surface area (Å²) in [6.45, 7) is 2.15. The van der Waals surface area contributed by atoms with Crippen LogP contribution in [0.5, 0.6) is 0 Å². The summed E-state index contributed by atoms with van der Waals surface area (Å²) in [5, 5.41) is 4.03. The van der Waals surface area contributed by atoms with Crippen LogP contribution in [0.4, 0.5) is 0 Å². The molecule has 3 rings (SSSR count). The molecular formula is C15H20ClN3O. The van der Waals surface area contributed by atoms with Crippen LogP contribution >= 0.6 is 12.4 Å². The van der Waals surface area contributed by atoms with Crippen molar-refractivity contribution in [3.8, 4) is 0 Å². The lowest BCUT2D eigenvalue weighted by Crippen LogP contribution is -2.44. The van der Waals surface area contributed by atoms with Gasteiger partial charge in [0, 0.05) is 0 Å². The molecule has 5 heteroatoms. The molecular weight excluding hydrogens is 274 g/mol. The van der Waals surface area contributed by atoms with Crippen LogP contribution in [0.1, 0.15) is 49.0 Å². The number of halogens is 1. The molecule has 0 spiro atoms. The molecule has 0 atom stereocenters. The number of hydrogen-bond donors (Lipinski definition) is 1. The number of nitrogens with two attached hydrogens (primary N) is 1. The molecule has 20 heavy (non-hydrogen) atoms. The Morgan fingerprint density at radius 1 is 1.20 bits per heavy atom. The van der Waals surface area contributed by atoms with Crippen molar-refractivity contribution < 1.29 is 4.52 Å². The van der Waals surface area contributed by atoms with Gasteiger partial charge in [-0.1, -0.05) is 36.3 Å². The molecule has 1 aliphatic carbocycles. The summed E-state index contributed by atoms with van der Waals surface area (Å²) in [4.78, 5) is 4.44. The Morgan fingerprint density at radius 2 is 1.85 bits per heavy atom. The summed E-state index contributed by atoms with van der Waals surface area (Å²) in [6, 6.07) is 8.51. The normalized spacial score (nSPS) is 16.3. The highest BCUT2D eigenvalue weighted by atomic mass is 35.5. The summed E-state index contributed by atoms with van der Waals surface area (Å²) >= 11 is 0. The third-order valence-corrected chi connectivity index (χ3v) is 3.95. The van der Waals surface area contributed by atoms with E-state index in [1.165, 1.54) is 11.1 Å². The Morgan fingerprint density at radius 3 is 2.40 bits per heavy atom. The second-order valence-electron chi connectivity index (χ2n) is 5.37. The first-order valence-electron chi connectivity index (χ1n) is 6.89. The SMILES string of the molecule is CCc1ccc(Cc2nc(C3(N)CCC3)no2)cc1.Cl. The monoisotopic (exact) mass is 293 g/mol. The number of rotatable bonds is 4. The fourth-order valence-corrected chi connectivity index (χ4v) is 2.38. The fraction of sp³-hybridized carbons (Fsp3) is 0.467. The maximum absolute atomic E-state index is 6.18. The largest absolute Gasteiger partial charge is 0.339 e. The lowest BCUT2D eigenvalue weighted by Gasteiger charge is -2.34. The van der Waals surface area contributed by atoms with E-state index in [9.17, 15) is 0 Å². The van der Waals surface area contributed by atoms with Gasteiger partial charge in [-0.2, -0.15) is 4.98 Å². The Hall–Kier alpha value is -1.39. The lowest BCUT2D eigenvalue weighted by atomic mass is 9.77. The van der Waals surface area contributed by atoms with Crippen molar-refractivity contribution in [2.24, 2.45) is 5.73 Å². The van der Waals surface area contributed by atoms with Gasteiger partial charge < -0.3 is 10.3 Å². The van der Waals surface area contributed by atoms with Gasteiger partial charge in [0.15, 0.2) is 5.82 Å². The highest BCUT2D eigenvalue weighted by Gasteiger charge is 2.38. The molecule has 2 N–H and O–H groups in total. The second-order valence-corrected chi connectivity index (χ2v) is 5.37. The van der Waals surface area contributed by atoms with Crippen molar-refractivity contribution in [2.45, 2.75) is 44.6 Å². The van der Waals surface area contributed by atoms with Crippen LogP contribution in [-0.2, 0) is 18.4 Å². The van der Waals surface area contributed by atoms with E-state index in [1.54, 1.807) is 0 Å². The van der Waals surface area contributed by atoms with Gasteiger partial charge in [0.1, 0.15) is 0 Å². The van der Waals surface area contributed by atoms with E-state index < -0.39 is 0 Å². The van der Waals surface area contributed by atoms with E-state index in [0.717, 1.165) is 25.7 Å². The zero-order chi connectivity index (χ0) is 13.3. The van der Waals surface area contributed by atoms with E-state index in [-0.39, 0.29) is 17.9 Å². The van der Waals surface area contributed by atoms with Crippen molar-refractivity contribution >= 4 is 12.4 Å². The molecule has 0 saturated heterocycles. The zero-order valence-electron chi connectivity index (χ0n) is 11.6. The summed E-state index contributed by atoms with van der Waals surface area (Å²) in [6.07, 6.45) is 4.79. The number of aromatic nitrogens is 2. The number of nitrogens with zero attached hydrogens (tertiary/aromatic N) is 2. The number of benzene rings is 1. The van der Waals surface area contributed by atoms with Gasteiger partial charge >= 0.3 is 0 Å². The topological polar surface area (TPSA) is 64.9 Å². The summed E-state index contributed by atoms with van der Waals surface area (Å²) in [7, 11) is 0. The number of aryl methyl sites for hydroxylation is 1.